The summed E-state index contributed by atoms with van der Waals surface area (Å²) in [6, 6.07) is 2.34. The molecule has 2 rings (SSSR count). The lowest BCUT2D eigenvalue weighted by molar-refractivity contribution is -0.200. The number of fused-ring (bicyclic) bond motifs is 1. The van der Waals surface area contributed by atoms with Crippen LogP contribution in [0.5, 0.6) is 5.75 Å². The predicted octanol–water partition coefficient (Wildman–Crippen LogP) is 5.45. The lowest BCUT2D eigenvalue weighted by Gasteiger charge is -2.43. The van der Waals surface area contributed by atoms with E-state index in [1.165, 1.54) is 22.3 Å². The van der Waals surface area contributed by atoms with E-state index in [1.807, 2.05) is 6.92 Å². The molecule has 1 N–H and O–H groups in total. The fourth-order valence-electron chi connectivity index (χ4n) is 4.18. The van der Waals surface area contributed by atoms with Crippen molar-refractivity contribution in [1.82, 2.24) is 0 Å². The van der Waals surface area contributed by atoms with E-state index in [0.717, 1.165) is 18.6 Å². The minimum atomic E-state index is -0.932. The molecular weight excluding hydrogens is 340 g/mol. The summed E-state index contributed by atoms with van der Waals surface area (Å²) < 4.78 is 12.2. The molecule has 0 saturated heterocycles. The Morgan fingerprint density at radius 2 is 2.04 bits per heavy atom. The van der Waals surface area contributed by atoms with Crippen LogP contribution in [0.1, 0.15) is 89.5 Å². The van der Waals surface area contributed by atoms with Gasteiger partial charge >= 0.3 is 5.97 Å². The lowest BCUT2D eigenvalue weighted by atomic mass is 9.75. The molecule has 0 aliphatic carbocycles. The molecule has 2 atom stereocenters. The maximum Gasteiger partial charge on any atom is 0.303 e. The number of aliphatic carboxylic acids is 1. The second kappa shape index (κ2) is 7.83. The van der Waals surface area contributed by atoms with Gasteiger partial charge in [-0.2, -0.15) is 0 Å². The summed E-state index contributed by atoms with van der Waals surface area (Å²) in [4.78, 5) is 11.4. The van der Waals surface area contributed by atoms with Crippen molar-refractivity contribution in [2.45, 2.75) is 91.3 Å². The highest BCUT2D eigenvalue weighted by Crippen LogP contribution is 2.47. The van der Waals surface area contributed by atoms with Crippen molar-refractivity contribution < 1.29 is 19.4 Å². The molecule has 27 heavy (non-hydrogen) atoms. The first-order chi connectivity index (χ1) is 12.4. The molecule has 1 aliphatic rings. The molecule has 0 saturated carbocycles. The van der Waals surface area contributed by atoms with Crippen LogP contribution in [0, 0.1) is 5.92 Å². The summed E-state index contributed by atoms with van der Waals surface area (Å²) in [6.45, 7) is 15.2. The number of carboxylic acid groups (broad SMARTS) is 1. The number of benzene rings is 1. The zero-order valence-corrected chi connectivity index (χ0v) is 18.2. The molecule has 0 spiro atoms. The Morgan fingerprint density at radius 1 is 1.41 bits per heavy atom. The molecule has 0 amide bonds. The van der Waals surface area contributed by atoms with Crippen molar-refractivity contribution in [3.8, 4) is 5.75 Å². The molecule has 1 aliphatic heterocycles. The fourth-order valence-corrected chi connectivity index (χ4v) is 4.18. The van der Waals surface area contributed by atoms with Gasteiger partial charge in [-0.3, -0.25) is 4.79 Å². The predicted molar refractivity (Wildman–Crippen MR) is 109 cm³/mol. The molecule has 0 bridgehead atoms. The van der Waals surface area contributed by atoms with Gasteiger partial charge in [0.15, 0.2) is 0 Å². The molecule has 1 aromatic rings. The van der Waals surface area contributed by atoms with E-state index in [-0.39, 0.29) is 17.8 Å². The van der Waals surface area contributed by atoms with Gasteiger partial charge in [0.25, 0.3) is 0 Å². The lowest BCUT2D eigenvalue weighted by Crippen LogP contribution is -2.48. The molecule has 1 aromatic carbocycles. The summed E-state index contributed by atoms with van der Waals surface area (Å²) in [5.74, 6) is -0.699. The number of hydrogen-bond donors (Lipinski definition) is 1. The van der Waals surface area contributed by atoms with Crippen LogP contribution >= 0.6 is 0 Å². The third kappa shape index (κ3) is 4.31. The standard InChI is InChI=1S/C23H36O4/c1-9-10-16-19(22(4,5)6)13-17(14(2)3)18-11-15(12-20(24)25)23(7,26-8)27-21(16)18/h13-15H,9-12H2,1-8H3,(H,24,25). The van der Waals surface area contributed by atoms with Crippen molar-refractivity contribution in [3.05, 3.63) is 28.3 Å². The summed E-state index contributed by atoms with van der Waals surface area (Å²) in [6.07, 6.45) is 2.67. The Morgan fingerprint density at radius 3 is 2.48 bits per heavy atom. The van der Waals surface area contributed by atoms with Crippen LogP contribution in [-0.2, 0) is 27.8 Å². The summed E-state index contributed by atoms with van der Waals surface area (Å²) in [5.41, 5.74) is 5.02. The van der Waals surface area contributed by atoms with Gasteiger partial charge in [0.1, 0.15) is 5.75 Å². The van der Waals surface area contributed by atoms with E-state index in [2.05, 4.69) is 47.6 Å². The molecule has 0 fully saturated rings. The Balaban J connectivity index is 2.76. The Labute approximate surface area is 164 Å². The van der Waals surface area contributed by atoms with Gasteiger partial charge in [0.05, 0.1) is 6.42 Å². The van der Waals surface area contributed by atoms with Crippen molar-refractivity contribution >= 4 is 5.97 Å². The van der Waals surface area contributed by atoms with E-state index in [4.69, 9.17) is 9.47 Å². The third-order valence-electron chi connectivity index (χ3n) is 5.77. The molecule has 1 heterocycles. The van der Waals surface area contributed by atoms with Crippen molar-refractivity contribution in [2.75, 3.05) is 7.11 Å². The quantitative estimate of drug-likeness (QED) is 0.717. The van der Waals surface area contributed by atoms with Crippen molar-refractivity contribution in [2.24, 2.45) is 5.92 Å². The number of rotatable bonds is 6. The SMILES string of the molecule is CCCc1c(C(C)(C)C)cc(C(C)C)c2c1OC(C)(OC)C(CC(=O)O)C2. The van der Waals surface area contributed by atoms with Crippen LogP contribution < -0.4 is 4.74 Å². The number of carbonyl (C=O) groups is 1. The number of hydrogen-bond acceptors (Lipinski definition) is 3. The van der Waals surface area contributed by atoms with Crippen LogP contribution in [0.25, 0.3) is 0 Å². The van der Waals surface area contributed by atoms with E-state index in [9.17, 15) is 9.90 Å². The first kappa shape index (κ1) is 21.7. The Kier molecular flexibility index (Phi) is 6.30. The largest absolute Gasteiger partial charge is 0.481 e. The highest BCUT2D eigenvalue weighted by molar-refractivity contribution is 5.67. The third-order valence-corrected chi connectivity index (χ3v) is 5.77. The highest BCUT2D eigenvalue weighted by Gasteiger charge is 2.44. The van der Waals surface area contributed by atoms with Crippen molar-refractivity contribution in [3.63, 3.8) is 0 Å². The molecule has 152 valence electrons. The average molecular weight is 377 g/mol. The Bertz CT molecular complexity index is 699. The van der Waals surface area contributed by atoms with E-state index in [0.29, 0.717) is 12.3 Å². The first-order valence-electron chi connectivity index (χ1n) is 10.1. The Hall–Kier alpha value is -1.55. The maximum absolute atomic E-state index is 11.4. The van der Waals surface area contributed by atoms with Crippen LogP contribution in [0.15, 0.2) is 6.07 Å². The second-order valence-electron chi connectivity index (χ2n) is 9.28. The molecule has 0 radical (unpaired) electrons. The smallest absolute Gasteiger partial charge is 0.303 e. The van der Waals surface area contributed by atoms with Gasteiger partial charge in [-0.1, -0.05) is 54.0 Å². The van der Waals surface area contributed by atoms with Crippen LogP contribution in [0.2, 0.25) is 0 Å². The molecule has 2 unspecified atom stereocenters. The molecule has 0 aromatic heterocycles. The fraction of sp³-hybridized carbons (Fsp3) is 0.696. The van der Waals surface area contributed by atoms with Gasteiger partial charge < -0.3 is 14.6 Å². The minimum absolute atomic E-state index is 0.00786. The second-order valence-corrected chi connectivity index (χ2v) is 9.28. The monoisotopic (exact) mass is 376 g/mol. The topological polar surface area (TPSA) is 55.8 Å². The van der Waals surface area contributed by atoms with Gasteiger partial charge in [0, 0.05) is 20.0 Å². The van der Waals surface area contributed by atoms with Crippen LogP contribution in [0.3, 0.4) is 0 Å². The van der Waals surface area contributed by atoms with E-state index >= 15 is 0 Å². The highest BCUT2D eigenvalue weighted by atomic mass is 16.7. The number of carboxylic acids is 1. The maximum atomic E-state index is 11.4. The van der Waals surface area contributed by atoms with Gasteiger partial charge in [0.2, 0.25) is 5.79 Å². The zero-order chi connectivity index (χ0) is 20.6. The van der Waals surface area contributed by atoms with E-state index < -0.39 is 11.8 Å². The van der Waals surface area contributed by atoms with Crippen molar-refractivity contribution in [1.29, 1.82) is 0 Å². The molecule has 4 heteroatoms. The molecule has 4 nitrogen and oxygen atoms in total. The number of methoxy groups -OCH3 is 1. The van der Waals surface area contributed by atoms with Crippen LogP contribution in [0.4, 0.5) is 0 Å². The van der Waals surface area contributed by atoms with Crippen LogP contribution in [-0.4, -0.2) is 24.0 Å². The summed E-state index contributed by atoms with van der Waals surface area (Å²) in [7, 11) is 1.61. The van der Waals surface area contributed by atoms with Gasteiger partial charge in [-0.25, -0.2) is 0 Å². The summed E-state index contributed by atoms with van der Waals surface area (Å²) >= 11 is 0. The average Bonchev–Trinajstić information content (AvgIpc) is 2.54. The zero-order valence-electron chi connectivity index (χ0n) is 18.2. The number of ether oxygens (including phenoxy) is 2. The summed E-state index contributed by atoms with van der Waals surface area (Å²) in [5, 5.41) is 9.40. The minimum Gasteiger partial charge on any atom is -0.481 e. The van der Waals surface area contributed by atoms with Gasteiger partial charge in [-0.05, 0) is 46.4 Å². The molecular formula is C23H36O4. The van der Waals surface area contributed by atoms with E-state index in [1.54, 1.807) is 7.11 Å². The normalized spacial score (nSPS) is 22.5. The van der Waals surface area contributed by atoms with Gasteiger partial charge in [-0.15, -0.1) is 0 Å². The first-order valence-corrected chi connectivity index (χ1v) is 10.1.